The summed E-state index contributed by atoms with van der Waals surface area (Å²) in [6, 6.07) is 12.6. The van der Waals surface area contributed by atoms with Gasteiger partial charge in [-0.2, -0.15) is 0 Å². The van der Waals surface area contributed by atoms with Crippen LogP contribution in [0.1, 0.15) is 53.0 Å². The molecule has 1 fully saturated rings. The van der Waals surface area contributed by atoms with E-state index in [2.05, 4.69) is 16.0 Å². The zero-order chi connectivity index (χ0) is 22.4. The second-order valence-corrected chi connectivity index (χ2v) is 7.73. The molecule has 0 unspecified atom stereocenters. The Morgan fingerprint density at radius 3 is 2.23 bits per heavy atom. The number of nitrogens with zero attached hydrogens (tertiary/aromatic N) is 1. The monoisotopic (exact) mass is 422 g/mol. The van der Waals surface area contributed by atoms with Gasteiger partial charge in [0.25, 0.3) is 11.8 Å². The summed E-state index contributed by atoms with van der Waals surface area (Å²) in [7, 11) is 0. The fourth-order valence-electron chi connectivity index (χ4n) is 3.22. The topological polar surface area (TPSA) is 90.5 Å². The molecule has 7 heteroatoms. The van der Waals surface area contributed by atoms with Crippen molar-refractivity contribution in [1.29, 1.82) is 0 Å². The van der Waals surface area contributed by atoms with Crippen LogP contribution in [0.4, 0.5) is 11.4 Å². The van der Waals surface area contributed by atoms with Crippen molar-refractivity contribution in [3.05, 3.63) is 59.2 Å². The van der Waals surface area contributed by atoms with Gasteiger partial charge in [0.1, 0.15) is 0 Å². The number of aryl methyl sites for hydroxylation is 1. The summed E-state index contributed by atoms with van der Waals surface area (Å²) in [4.78, 5) is 38.7. The molecule has 1 aliphatic rings. The number of rotatable bonds is 9. The molecule has 3 amide bonds. The van der Waals surface area contributed by atoms with Gasteiger partial charge < -0.3 is 20.9 Å². The first-order valence-corrected chi connectivity index (χ1v) is 10.8. The number of nitrogens with one attached hydrogen (secondary N) is 3. The standard InChI is InChI=1S/C24H30N4O3/c1-4-28(5-2)24(31)17-8-10-19(11-9-17)26-22(29)15-25-21-14-18(7-6-16(21)3)23(30)27-20-12-13-20/h6-11,14,20,25H,4-5,12-13,15H2,1-3H3,(H,26,29)(H,27,30). The van der Waals surface area contributed by atoms with Crippen LogP contribution in [0.2, 0.25) is 0 Å². The molecule has 31 heavy (non-hydrogen) atoms. The van der Waals surface area contributed by atoms with E-state index in [4.69, 9.17) is 0 Å². The molecule has 1 saturated carbocycles. The lowest BCUT2D eigenvalue weighted by Gasteiger charge is -2.18. The van der Waals surface area contributed by atoms with Crippen LogP contribution in [0.25, 0.3) is 0 Å². The van der Waals surface area contributed by atoms with Crippen LogP contribution in [0.15, 0.2) is 42.5 Å². The van der Waals surface area contributed by atoms with Crippen molar-refractivity contribution in [2.45, 2.75) is 39.7 Å². The molecule has 3 N–H and O–H groups in total. The van der Waals surface area contributed by atoms with Gasteiger partial charge in [0, 0.05) is 41.6 Å². The van der Waals surface area contributed by atoms with Crippen molar-refractivity contribution in [3.63, 3.8) is 0 Å². The van der Waals surface area contributed by atoms with Crippen molar-refractivity contribution >= 4 is 29.1 Å². The predicted molar refractivity (Wildman–Crippen MR) is 122 cm³/mol. The highest BCUT2D eigenvalue weighted by atomic mass is 16.2. The molecular weight excluding hydrogens is 392 g/mol. The Bertz CT molecular complexity index is 948. The minimum absolute atomic E-state index is 0.0226. The number of hydrogen-bond acceptors (Lipinski definition) is 4. The Morgan fingerprint density at radius 1 is 0.968 bits per heavy atom. The van der Waals surface area contributed by atoms with Crippen molar-refractivity contribution in [3.8, 4) is 0 Å². The Hall–Kier alpha value is -3.35. The van der Waals surface area contributed by atoms with Crippen LogP contribution >= 0.6 is 0 Å². The lowest BCUT2D eigenvalue weighted by molar-refractivity contribution is -0.114. The third-order valence-corrected chi connectivity index (χ3v) is 5.32. The van der Waals surface area contributed by atoms with Crippen LogP contribution in [0.3, 0.4) is 0 Å². The molecule has 164 valence electrons. The Morgan fingerprint density at radius 2 is 1.61 bits per heavy atom. The molecule has 0 bridgehead atoms. The van der Waals surface area contributed by atoms with Crippen LogP contribution in [-0.2, 0) is 4.79 Å². The maximum absolute atomic E-state index is 12.4. The number of carbonyl (C=O) groups excluding carboxylic acids is 3. The van der Waals surface area contributed by atoms with E-state index < -0.39 is 0 Å². The lowest BCUT2D eigenvalue weighted by atomic mass is 10.1. The minimum Gasteiger partial charge on any atom is -0.376 e. The predicted octanol–water partition coefficient (Wildman–Crippen LogP) is 3.42. The van der Waals surface area contributed by atoms with E-state index in [-0.39, 0.29) is 24.3 Å². The van der Waals surface area contributed by atoms with Gasteiger partial charge in [0.15, 0.2) is 0 Å². The lowest BCUT2D eigenvalue weighted by Crippen LogP contribution is -2.30. The summed E-state index contributed by atoms with van der Waals surface area (Å²) >= 11 is 0. The maximum Gasteiger partial charge on any atom is 0.253 e. The van der Waals surface area contributed by atoms with Gasteiger partial charge >= 0.3 is 0 Å². The summed E-state index contributed by atoms with van der Waals surface area (Å²) in [6.45, 7) is 7.19. The molecule has 3 rings (SSSR count). The smallest absolute Gasteiger partial charge is 0.253 e. The number of amides is 3. The zero-order valence-electron chi connectivity index (χ0n) is 18.3. The van der Waals surface area contributed by atoms with E-state index in [0.29, 0.717) is 35.9 Å². The quantitative estimate of drug-likeness (QED) is 0.578. The van der Waals surface area contributed by atoms with Crippen LogP contribution < -0.4 is 16.0 Å². The van der Waals surface area contributed by atoms with E-state index in [1.54, 1.807) is 41.3 Å². The van der Waals surface area contributed by atoms with Gasteiger partial charge in [-0.3, -0.25) is 14.4 Å². The van der Waals surface area contributed by atoms with Crippen LogP contribution in [0.5, 0.6) is 0 Å². The Labute approximate surface area is 183 Å². The second kappa shape index (κ2) is 10.1. The molecule has 0 heterocycles. The van der Waals surface area contributed by atoms with Gasteiger partial charge in [-0.15, -0.1) is 0 Å². The molecule has 2 aromatic carbocycles. The van der Waals surface area contributed by atoms with Crippen molar-refractivity contribution < 1.29 is 14.4 Å². The SMILES string of the molecule is CCN(CC)C(=O)c1ccc(NC(=O)CNc2cc(C(=O)NC3CC3)ccc2C)cc1. The highest BCUT2D eigenvalue weighted by molar-refractivity contribution is 5.98. The zero-order valence-corrected chi connectivity index (χ0v) is 18.3. The number of carbonyl (C=O) groups is 3. The third kappa shape index (κ3) is 6.07. The van der Waals surface area contributed by atoms with E-state index in [9.17, 15) is 14.4 Å². The average molecular weight is 423 g/mol. The van der Waals surface area contributed by atoms with E-state index in [1.165, 1.54) is 0 Å². The first kappa shape index (κ1) is 22.3. The summed E-state index contributed by atoms with van der Waals surface area (Å²) in [5.74, 6) is -0.324. The normalized spacial score (nSPS) is 12.7. The van der Waals surface area contributed by atoms with Gasteiger partial charge in [-0.25, -0.2) is 0 Å². The minimum atomic E-state index is -0.213. The van der Waals surface area contributed by atoms with Crippen LogP contribution in [-0.4, -0.2) is 48.3 Å². The number of hydrogen-bond donors (Lipinski definition) is 3. The highest BCUT2D eigenvalue weighted by Crippen LogP contribution is 2.21. The summed E-state index contributed by atoms with van der Waals surface area (Å²) in [6.07, 6.45) is 2.07. The van der Waals surface area contributed by atoms with Crippen molar-refractivity contribution in [2.75, 3.05) is 30.3 Å². The number of anilines is 2. The van der Waals surface area contributed by atoms with Gasteiger partial charge in [-0.05, 0) is 75.6 Å². The Kier molecular flexibility index (Phi) is 7.28. The maximum atomic E-state index is 12.4. The molecule has 1 aliphatic carbocycles. The molecule has 0 atom stereocenters. The molecule has 2 aromatic rings. The van der Waals surface area contributed by atoms with Gasteiger partial charge in [0.2, 0.25) is 5.91 Å². The van der Waals surface area contributed by atoms with Crippen molar-refractivity contribution in [2.24, 2.45) is 0 Å². The molecule has 0 aromatic heterocycles. The van der Waals surface area contributed by atoms with E-state index >= 15 is 0 Å². The summed E-state index contributed by atoms with van der Waals surface area (Å²) in [5.41, 5.74) is 3.50. The van der Waals surface area contributed by atoms with E-state index in [1.807, 2.05) is 26.8 Å². The van der Waals surface area contributed by atoms with Gasteiger partial charge in [0.05, 0.1) is 6.54 Å². The average Bonchev–Trinajstić information content (AvgIpc) is 3.58. The van der Waals surface area contributed by atoms with E-state index in [0.717, 1.165) is 24.1 Å². The fraction of sp³-hybridized carbons (Fsp3) is 0.375. The number of benzene rings is 2. The van der Waals surface area contributed by atoms with Gasteiger partial charge in [-0.1, -0.05) is 6.07 Å². The summed E-state index contributed by atoms with van der Waals surface area (Å²) < 4.78 is 0. The highest BCUT2D eigenvalue weighted by Gasteiger charge is 2.24. The molecule has 7 nitrogen and oxygen atoms in total. The Balaban J connectivity index is 1.55. The summed E-state index contributed by atoms with van der Waals surface area (Å²) in [5, 5.41) is 8.89. The molecule has 0 aliphatic heterocycles. The largest absolute Gasteiger partial charge is 0.376 e. The first-order chi connectivity index (χ1) is 14.9. The third-order valence-electron chi connectivity index (χ3n) is 5.32. The molecule has 0 saturated heterocycles. The molecular formula is C24H30N4O3. The second-order valence-electron chi connectivity index (χ2n) is 7.73. The molecule has 0 radical (unpaired) electrons. The molecule has 0 spiro atoms. The first-order valence-electron chi connectivity index (χ1n) is 10.8. The van der Waals surface area contributed by atoms with Crippen LogP contribution in [0, 0.1) is 6.92 Å². The fourth-order valence-corrected chi connectivity index (χ4v) is 3.22. The van der Waals surface area contributed by atoms with Crippen molar-refractivity contribution in [1.82, 2.24) is 10.2 Å².